The molecule has 0 unspecified atom stereocenters. The minimum atomic E-state index is -0.257. The van der Waals surface area contributed by atoms with Gasteiger partial charge in [0.05, 0.1) is 0 Å². The zero-order chi connectivity index (χ0) is 10.8. The Labute approximate surface area is 87.3 Å². The highest BCUT2D eigenvalue weighted by atomic mass is 16.6. The van der Waals surface area contributed by atoms with Gasteiger partial charge in [-0.1, -0.05) is 0 Å². The van der Waals surface area contributed by atoms with Crippen molar-refractivity contribution in [3.63, 3.8) is 0 Å². The Hall–Kier alpha value is -1.75. The van der Waals surface area contributed by atoms with Gasteiger partial charge < -0.3 is 9.47 Å². The molecule has 1 aromatic carbocycles. The predicted molar refractivity (Wildman–Crippen MR) is 53.7 cm³/mol. The van der Waals surface area contributed by atoms with E-state index in [1.54, 1.807) is 18.2 Å². The number of carbonyl (C=O) groups excluding carboxylic acids is 1. The Morgan fingerprint density at radius 1 is 1.33 bits per heavy atom. The van der Waals surface area contributed by atoms with Gasteiger partial charge in [-0.05, 0) is 18.2 Å². The SMILES string of the molecule is CN(N)C(=O)c1ccc2c(c1)OCCO2. The van der Waals surface area contributed by atoms with Crippen molar-refractivity contribution in [3.8, 4) is 11.5 Å². The van der Waals surface area contributed by atoms with E-state index in [4.69, 9.17) is 15.3 Å². The molecule has 0 spiro atoms. The molecule has 0 saturated carbocycles. The van der Waals surface area contributed by atoms with E-state index in [0.717, 1.165) is 5.01 Å². The molecule has 1 heterocycles. The van der Waals surface area contributed by atoms with E-state index in [-0.39, 0.29) is 5.91 Å². The average molecular weight is 208 g/mol. The maximum atomic E-state index is 11.5. The number of rotatable bonds is 1. The van der Waals surface area contributed by atoms with Gasteiger partial charge in [0.25, 0.3) is 5.91 Å². The fraction of sp³-hybridized carbons (Fsp3) is 0.300. The second kappa shape index (κ2) is 3.78. The number of hydrogen-bond acceptors (Lipinski definition) is 4. The van der Waals surface area contributed by atoms with E-state index in [1.807, 2.05) is 0 Å². The van der Waals surface area contributed by atoms with E-state index in [1.165, 1.54) is 7.05 Å². The molecule has 15 heavy (non-hydrogen) atoms. The molecule has 5 nitrogen and oxygen atoms in total. The summed E-state index contributed by atoms with van der Waals surface area (Å²) < 4.78 is 10.7. The van der Waals surface area contributed by atoms with Gasteiger partial charge in [0.1, 0.15) is 13.2 Å². The standard InChI is InChI=1S/C10H12N2O3/c1-12(11)10(13)7-2-3-8-9(6-7)15-5-4-14-8/h2-3,6H,4-5,11H2,1H3. The molecule has 0 radical (unpaired) electrons. The van der Waals surface area contributed by atoms with Crippen molar-refractivity contribution in [3.05, 3.63) is 23.8 Å². The van der Waals surface area contributed by atoms with E-state index in [0.29, 0.717) is 30.3 Å². The minimum absolute atomic E-state index is 0.257. The largest absolute Gasteiger partial charge is 0.486 e. The molecule has 0 atom stereocenters. The fourth-order valence-electron chi connectivity index (χ4n) is 1.38. The number of ether oxygens (including phenoxy) is 2. The van der Waals surface area contributed by atoms with Crippen molar-refractivity contribution in [2.45, 2.75) is 0 Å². The second-order valence-corrected chi connectivity index (χ2v) is 3.27. The van der Waals surface area contributed by atoms with Crippen LogP contribution in [0.25, 0.3) is 0 Å². The van der Waals surface area contributed by atoms with E-state index < -0.39 is 0 Å². The van der Waals surface area contributed by atoms with Crippen molar-refractivity contribution in [2.24, 2.45) is 5.84 Å². The quantitative estimate of drug-likeness (QED) is 0.412. The normalized spacial score (nSPS) is 13.5. The van der Waals surface area contributed by atoms with Crippen LogP contribution in [0.2, 0.25) is 0 Å². The van der Waals surface area contributed by atoms with Crippen LogP contribution in [0.15, 0.2) is 18.2 Å². The third-order valence-electron chi connectivity index (χ3n) is 2.11. The van der Waals surface area contributed by atoms with Crippen LogP contribution in [-0.2, 0) is 0 Å². The highest BCUT2D eigenvalue weighted by Gasteiger charge is 2.15. The molecule has 0 fully saturated rings. The molecule has 1 amide bonds. The number of amides is 1. The van der Waals surface area contributed by atoms with Crippen LogP contribution < -0.4 is 15.3 Å². The summed E-state index contributed by atoms with van der Waals surface area (Å²) in [4.78, 5) is 11.5. The molecule has 1 aliphatic heterocycles. The lowest BCUT2D eigenvalue weighted by atomic mass is 10.2. The fourth-order valence-corrected chi connectivity index (χ4v) is 1.38. The molecule has 2 N–H and O–H groups in total. The molecule has 2 rings (SSSR count). The Balaban J connectivity index is 2.32. The van der Waals surface area contributed by atoms with Crippen LogP contribution in [0.5, 0.6) is 11.5 Å². The summed E-state index contributed by atoms with van der Waals surface area (Å²) in [6.45, 7) is 1.04. The molecule has 0 saturated heterocycles. The van der Waals surface area contributed by atoms with Crippen LogP contribution in [-0.4, -0.2) is 31.2 Å². The van der Waals surface area contributed by atoms with Gasteiger partial charge in [-0.15, -0.1) is 0 Å². The summed E-state index contributed by atoms with van der Waals surface area (Å²) in [6.07, 6.45) is 0. The third-order valence-corrected chi connectivity index (χ3v) is 2.11. The van der Waals surface area contributed by atoms with Gasteiger partial charge in [0.2, 0.25) is 0 Å². The van der Waals surface area contributed by atoms with E-state index in [2.05, 4.69) is 0 Å². The van der Waals surface area contributed by atoms with Gasteiger partial charge in [-0.2, -0.15) is 0 Å². The first-order valence-electron chi connectivity index (χ1n) is 4.61. The van der Waals surface area contributed by atoms with Crippen molar-refractivity contribution in [1.29, 1.82) is 0 Å². The third kappa shape index (κ3) is 1.87. The Kier molecular flexibility index (Phi) is 2.47. The lowest BCUT2D eigenvalue weighted by Gasteiger charge is -2.19. The molecule has 80 valence electrons. The summed E-state index contributed by atoms with van der Waals surface area (Å²) in [5.41, 5.74) is 0.490. The minimum Gasteiger partial charge on any atom is -0.486 e. The molecular weight excluding hydrogens is 196 g/mol. The zero-order valence-electron chi connectivity index (χ0n) is 8.40. The zero-order valence-corrected chi connectivity index (χ0v) is 8.40. The summed E-state index contributed by atoms with van der Waals surface area (Å²) in [5, 5.41) is 1.03. The first-order valence-corrected chi connectivity index (χ1v) is 4.61. The summed E-state index contributed by atoms with van der Waals surface area (Å²) in [5.74, 6) is 6.35. The van der Waals surface area contributed by atoms with Crippen molar-refractivity contribution < 1.29 is 14.3 Å². The van der Waals surface area contributed by atoms with Crippen molar-refractivity contribution in [2.75, 3.05) is 20.3 Å². The number of nitrogens with zero attached hydrogens (tertiary/aromatic N) is 1. The molecule has 0 aliphatic carbocycles. The van der Waals surface area contributed by atoms with Crippen LogP contribution in [0.3, 0.4) is 0 Å². The number of fused-ring (bicyclic) bond motifs is 1. The van der Waals surface area contributed by atoms with E-state index >= 15 is 0 Å². The summed E-state index contributed by atoms with van der Waals surface area (Å²) >= 11 is 0. The Morgan fingerprint density at radius 3 is 2.67 bits per heavy atom. The molecule has 0 aromatic heterocycles. The number of carbonyl (C=O) groups is 1. The molecular formula is C10H12N2O3. The monoisotopic (exact) mass is 208 g/mol. The number of hydrogen-bond donors (Lipinski definition) is 1. The molecule has 0 bridgehead atoms. The Morgan fingerprint density at radius 2 is 2.00 bits per heavy atom. The summed E-state index contributed by atoms with van der Waals surface area (Å²) in [6, 6.07) is 5.02. The molecule has 1 aliphatic rings. The van der Waals surface area contributed by atoms with Gasteiger partial charge in [0, 0.05) is 12.6 Å². The van der Waals surface area contributed by atoms with Gasteiger partial charge in [0.15, 0.2) is 11.5 Å². The van der Waals surface area contributed by atoms with Gasteiger partial charge >= 0.3 is 0 Å². The van der Waals surface area contributed by atoms with Gasteiger partial charge in [-0.3, -0.25) is 9.80 Å². The first-order chi connectivity index (χ1) is 7.18. The highest BCUT2D eigenvalue weighted by molar-refractivity contribution is 5.94. The number of benzene rings is 1. The first kappa shape index (κ1) is 9.79. The lowest BCUT2D eigenvalue weighted by Crippen LogP contribution is -2.33. The van der Waals surface area contributed by atoms with E-state index in [9.17, 15) is 4.79 Å². The smallest absolute Gasteiger partial charge is 0.267 e. The highest BCUT2D eigenvalue weighted by Crippen LogP contribution is 2.30. The van der Waals surface area contributed by atoms with Crippen molar-refractivity contribution in [1.82, 2.24) is 5.01 Å². The van der Waals surface area contributed by atoms with Crippen molar-refractivity contribution >= 4 is 5.91 Å². The van der Waals surface area contributed by atoms with Crippen LogP contribution in [0.4, 0.5) is 0 Å². The van der Waals surface area contributed by atoms with Crippen LogP contribution >= 0.6 is 0 Å². The molecule has 5 heteroatoms. The second-order valence-electron chi connectivity index (χ2n) is 3.27. The van der Waals surface area contributed by atoms with Crippen LogP contribution in [0.1, 0.15) is 10.4 Å². The maximum absolute atomic E-state index is 11.5. The maximum Gasteiger partial charge on any atom is 0.267 e. The summed E-state index contributed by atoms with van der Waals surface area (Å²) in [7, 11) is 1.50. The number of nitrogens with two attached hydrogens (primary N) is 1. The number of hydrazine groups is 1. The van der Waals surface area contributed by atoms with Gasteiger partial charge in [-0.25, -0.2) is 5.84 Å². The molecule has 1 aromatic rings. The lowest BCUT2D eigenvalue weighted by molar-refractivity contribution is 0.0794. The average Bonchev–Trinajstić information content (AvgIpc) is 2.27. The topological polar surface area (TPSA) is 64.8 Å². The Bertz CT molecular complexity index is 390. The van der Waals surface area contributed by atoms with Crippen LogP contribution in [0, 0.1) is 0 Å². The predicted octanol–water partition coefficient (Wildman–Crippen LogP) is 0.403.